The maximum atomic E-state index is 11.8. The first-order valence-electron chi connectivity index (χ1n) is 6.58. The van der Waals surface area contributed by atoms with E-state index in [1.165, 1.54) is 0 Å². The van der Waals surface area contributed by atoms with Gasteiger partial charge in [0.1, 0.15) is 6.61 Å². The normalized spacial score (nSPS) is 13.1. The molecule has 3 heteroatoms. The van der Waals surface area contributed by atoms with Gasteiger partial charge in [-0.05, 0) is 31.0 Å². The van der Waals surface area contributed by atoms with Gasteiger partial charge in [0.25, 0.3) is 0 Å². The molecule has 0 heterocycles. The summed E-state index contributed by atoms with van der Waals surface area (Å²) in [5.74, 6) is 5.58. The molecule has 0 aromatic heterocycles. The Morgan fingerprint density at radius 3 is 2.79 bits per heavy atom. The van der Waals surface area contributed by atoms with E-state index in [0.717, 1.165) is 17.5 Å². The molecule has 0 bridgehead atoms. The van der Waals surface area contributed by atoms with E-state index in [4.69, 9.17) is 5.11 Å². The van der Waals surface area contributed by atoms with Gasteiger partial charge in [-0.3, -0.25) is 4.79 Å². The Hall–Kier alpha value is -1.79. The summed E-state index contributed by atoms with van der Waals surface area (Å²) in [4.78, 5) is 11.8. The van der Waals surface area contributed by atoms with Gasteiger partial charge in [-0.25, -0.2) is 0 Å². The number of aliphatic hydroxyl groups is 1. The number of benzene rings is 1. The Labute approximate surface area is 115 Å². The van der Waals surface area contributed by atoms with Crippen LogP contribution >= 0.6 is 0 Å². The van der Waals surface area contributed by atoms with Crippen molar-refractivity contribution in [2.24, 2.45) is 5.92 Å². The fraction of sp³-hybridized carbons (Fsp3) is 0.438. The maximum absolute atomic E-state index is 11.8. The molecule has 2 N–H and O–H groups in total. The molecular formula is C16H21NO2. The van der Waals surface area contributed by atoms with Crippen LogP contribution in [0.5, 0.6) is 0 Å². The van der Waals surface area contributed by atoms with Crippen molar-refractivity contribution in [3.05, 3.63) is 35.4 Å². The van der Waals surface area contributed by atoms with Gasteiger partial charge in [-0.15, -0.1) is 0 Å². The number of amides is 1. The Morgan fingerprint density at radius 1 is 1.42 bits per heavy atom. The average Bonchev–Trinajstić information content (AvgIpc) is 2.44. The number of carbonyl (C=O) groups excluding carboxylic acids is 1. The van der Waals surface area contributed by atoms with Crippen LogP contribution in [0.3, 0.4) is 0 Å². The number of nitrogens with one attached hydrogen (secondary N) is 1. The molecule has 102 valence electrons. The van der Waals surface area contributed by atoms with Crippen LogP contribution in [0.1, 0.15) is 44.4 Å². The summed E-state index contributed by atoms with van der Waals surface area (Å²) in [6.45, 7) is 5.73. The Balaban J connectivity index is 2.77. The molecule has 0 fully saturated rings. The Bertz CT molecular complexity index is 485. The summed E-state index contributed by atoms with van der Waals surface area (Å²) >= 11 is 0. The SMILES string of the molecule is CCC(C)C(=O)NC(C)c1cccc(C#CCO)c1. The van der Waals surface area contributed by atoms with Crippen molar-refractivity contribution in [3.8, 4) is 11.8 Å². The maximum Gasteiger partial charge on any atom is 0.223 e. The van der Waals surface area contributed by atoms with Gasteiger partial charge in [0.2, 0.25) is 5.91 Å². The fourth-order valence-electron chi connectivity index (χ4n) is 1.65. The van der Waals surface area contributed by atoms with Crippen LogP contribution in [-0.2, 0) is 4.79 Å². The summed E-state index contributed by atoms with van der Waals surface area (Å²) in [7, 11) is 0. The zero-order chi connectivity index (χ0) is 14.3. The van der Waals surface area contributed by atoms with E-state index in [-0.39, 0.29) is 24.5 Å². The van der Waals surface area contributed by atoms with Crippen LogP contribution in [0.25, 0.3) is 0 Å². The van der Waals surface area contributed by atoms with Crippen molar-refractivity contribution < 1.29 is 9.90 Å². The molecule has 0 radical (unpaired) electrons. The first-order valence-corrected chi connectivity index (χ1v) is 6.58. The molecule has 1 amide bonds. The van der Waals surface area contributed by atoms with Crippen LogP contribution in [0.15, 0.2) is 24.3 Å². The lowest BCUT2D eigenvalue weighted by atomic mass is 10.0. The molecule has 0 saturated carbocycles. The first-order chi connectivity index (χ1) is 9.08. The number of aliphatic hydroxyl groups excluding tert-OH is 1. The van der Waals surface area contributed by atoms with Crippen LogP contribution < -0.4 is 5.32 Å². The van der Waals surface area contributed by atoms with Crippen LogP contribution in [-0.4, -0.2) is 17.6 Å². The monoisotopic (exact) mass is 259 g/mol. The van der Waals surface area contributed by atoms with Gasteiger partial charge in [0, 0.05) is 11.5 Å². The lowest BCUT2D eigenvalue weighted by molar-refractivity contribution is -0.125. The minimum Gasteiger partial charge on any atom is -0.384 e. The fourth-order valence-corrected chi connectivity index (χ4v) is 1.65. The number of carbonyl (C=O) groups is 1. The molecule has 2 unspecified atom stereocenters. The standard InChI is InChI=1S/C16H21NO2/c1-4-12(2)16(19)17-13(3)15-9-5-7-14(11-15)8-6-10-18/h5,7,9,11-13,18H,4,10H2,1-3H3,(H,17,19). The van der Waals surface area contributed by atoms with Crippen molar-refractivity contribution >= 4 is 5.91 Å². The van der Waals surface area contributed by atoms with E-state index < -0.39 is 0 Å². The molecule has 3 nitrogen and oxygen atoms in total. The second-order valence-electron chi connectivity index (χ2n) is 4.62. The molecule has 0 aliphatic carbocycles. The quantitative estimate of drug-likeness (QED) is 0.815. The van der Waals surface area contributed by atoms with Crippen molar-refractivity contribution in [2.75, 3.05) is 6.61 Å². The predicted molar refractivity (Wildman–Crippen MR) is 76.4 cm³/mol. The average molecular weight is 259 g/mol. The summed E-state index contributed by atoms with van der Waals surface area (Å²) in [6.07, 6.45) is 0.834. The number of rotatable bonds is 4. The molecule has 19 heavy (non-hydrogen) atoms. The van der Waals surface area contributed by atoms with E-state index in [1.807, 2.05) is 45.0 Å². The Kier molecular flexibility index (Phi) is 6.11. The third-order valence-corrected chi connectivity index (χ3v) is 3.12. The van der Waals surface area contributed by atoms with E-state index >= 15 is 0 Å². The van der Waals surface area contributed by atoms with Gasteiger partial charge in [0.15, 0.2) is 0 Å². The van der Waals surface area contributed by atoms with Gasteiger partial charge >= 0.3 is 0 Å². The second-order valence-corrected chi connectivity index (χ2v) is 4.62. The molecule has 0 aliphatic rings. The second kappa shape index (κ2) is 7.60. The van der Waals surface area contributed by atoms with Crippen molar-refractivity contribution in [3.63, 3.8) is 0 Å². The topological polar surface area (TPSA) is 49.3 Å². The lowest BCUT2D eigenvalue weighted by Gasteiger charge is -2.17. The van der Waals surface area contributed by atoms with Crippen molar-refractivity contribution in [2.45, 2.75) is 33.2 Å². The summed E-state index contributed by atoms with van der Waals surface area (Å²) in [5.41, 5.74) is 1.86. The van der Waals surface area contributed by atoms with Gasteiger partial charge in [0.05, 0.1) is 6.04 Å². The molecule has 2 atom stereocenters. The molecule has 1 rings (SSSR count). The lowest BCUT2D eigenvalue weighted by Crippen LogP contribution is -2.31. The Morgan fingerprint density at radius 2 is 2.16 bits per heavy atom. The van der Waals surface area contributed by atoms with Gasteiger partial charge < -0.3 is 10.4 Å². The van der Waals surface area contributed by atoms with E-state index in [1.54, 1.807) is 0 Å². The van der Waals surface area contributed by atoms with Gasteiger partial charge in [-0.1, -0.05) is 37.8 Å². The zero-order valence-corrected chi connectivity index (χ0v) is 11.7. The third-order valence-electron chi connectivity index (χ3n) is 3.12. The highest BCUT2D eigenvalue weighted by atomic mass is 16.2. The molecule has 1 aromatic rings. The summed E-state index contributed by atoms with van der Waals surface area (Å²) < 4.78 is 0. The first kappa shape index (κ1) is 15.3. The van der Waals surface area contributed by atoms with E-state index in [9.17, 15) is 4.79 Å². The third kappa shape index (κ3) is 4.76. The van der Waals surface area contributed by atoms with Crippen molar-refractivity contribution in [1.29, 1.82) is 0 Å². The van der Waals surface area contributed by atoms with Gasteiger partial charge in [-0.2, -0.15) is 0 Å². The molecular weight excluding hydrogens is 238 g/mol. The highest BCUT2D eigenvalue weighted by Gasteiger charge is 2.14. The minimum atomic E-state index is -0.148. The highest BCUT2D eigenvalue weighted by molar-refractivity contribution is 5.78. The van der Waals surface area contributed by atoms with Crippen LogP contribution in [0, 0.1) is 17.8 Å². The molecule has 0 aliphatic heterocycles. The zero-order valence-electron chi connectivity index (χ0n) is 11.7. The minimum absolute atomic E-state index is 0.0276. The van der Waals surface area contributed by atoms with Crippen LogP contribution in [0.2, 0.25) is 0 Å². The van der Waals surface area contributed by atoms with E-state index in [2.05, 4.69) is 17.2 Å². The van der Waals surface area contributed by atoms with E-state index in [0.29, 0.717) is 0 Å². The summed E-state index contributed by atoms with van der Waals surface area (Å²) in [6, 6.07) is 7.64. The number of hydrogen-bond acceptors (Lipinski definition) is 2. The molecule has 1 aromatic carbocycles. The highest BCUT2D eigenvalue weighted by Crippen LogP contribution is 2.15. The molecule has 0 saturated heterocycles. The van der Waals surface area contributed by atoms with Crippen LogP contribution in [0.4, 0.5) is 0 Å². The summed E-state index contributed by atoms with van der Waals surface area (Å²) in [5, 5.41) is 11.7. The largest absolute Gasteiger partial charge is 0.384 e. The predicted octanol–water partition coefficient (Wildman–Crippen LogP) is 2.25. The number of hydrogen-bond donors (Lipinski definition) is 2. The van der Waals surface area contributed by atoms with Crippen molar-refractivity contribution in [1.82, 2.24) is 5.32 Å². The molecule has 0 spiro atoms. The smallest absolute Gasteiger partial charge is 0.223 e.